The van der Waals surface area contributed by atoms with Gasteiger partial charge in [-0.2, -0.15) is 0 Å². The molecule has 0 amide bonds. The molecule has 0 atom stereocenters. The Morgan fingerprint density at radius 2 is 2.38 bits per heavy atom. The molecule has 0 aliphatic carbocycles. The van der Waals surface area contributed by atoms with E-state index in [-0.39, 0.29) is 0 Å². The van der Waals surface area contributed by atoms with Crippen molar-refractivity contribution in [2.75, 3.05) is 6.54 Å². The van der Waals surface area contributed by atoms with Crippen LogP contribution in [0.5, 0.6) is 0 Å². The minimum atomic E-state index is 1.01. The Labute approximate surface area is 50.8 Å². The Morgan fingerprint density at radius 1 is 1.75 bits per heavy atom. The van der Waals surface area contributed by atoms with E-state index in [1.807, 2.05) is 6.92 Å². The van der Waals surface area contributed by atoms with Crippen LogP contribution in [0.2, 0.25) is 0 Å². The lowest BCUT2D eigenvalue weighted by atomic mass is 10.4. The maximum atomic E-state index is 5.19. The monoisotopic (exact) mass is 114 g/mol. The molecule has 0 aromatic rings. The van der Waals surface area contributed by atoms with Crippen LogP contribution in [0.25, 0.3) is 0 Å². The van der Waals surface area contributed by atoms with Gasteiger partial charge in [0.1, 0.15) is 0 Å². The van der Waals surface area contributed by atoms with Crippen LogP contribution >= 0.6 is 0 Å². The maximum absolute atomic E-state index is 5.19. The van der Waals surface area contributed by atoms with E-state index in [2.05, 4.69) is 12.2 Å². The Kier molecular flexibility index (Phi) is 4.13. The fourth-order valence-electron chi connectivity index (χ4n) is 0.381. The molecule has 0 aromatic heterocycles. The average Bonchev–Trinajstić information content (AvgIpc) is 1.83. The molecule has 0 saturated carbocycles. The Bertz CT molecular complexity index is 76.6. The number of allylic oxidation sites excluding steroid dienone is 1. The van der Waals surface area contributed by atoms with E-state index in [4.69, 9.17) is 5.73 Å². The fourth-order valence-corrected chi connectivity index (χ4v) is 0.381. The van der Waals surface area contributed by atoms with E-state index < -0.39 is 0 Å². The Morgan fingerprint density at radius 3 is 2.75 bits per heavy atom. The van der Waals surface area contributed by atoms with E-state index in [1.165, 1.54) is 0 Å². The van der Waals surface area contributed by atoms with Gasteiger partial charge in [-0.25, -0.2) is 0 Å². The molecular weight excluding hydrogens is 100 g/mol. The molecule has 3 N–H and O–H groups in total. The highest BCUT2D eigenvalue weighted by Crippen LogP contribution is 1.80. The highest BCUT2D eigenvalue weighted by Gasteiger charge is 1.80. The normalized spacial score (nSPS) is 11.5. The molecule has 0 saturated heterocycles. The second-order valence-corrected chi connectivity index (χ2v) is 1.78. The third-order valence-electron chi connectivity index (χ3n) is 0.904. The predicted octanol–water partition coefficient (Wildman–Crippen LogP) is 0.806. The lowest BCUT2D eigenvalue weighted by molar-refractivity contribution is 0.767. The number of hydrogen-bond acceptors (Lipinski definition) is 2. The molecule has 2 nitrogen and oxygen atoms in total. The van der Waals surface area contributed by atoms with Gasteiger partial charge in [0, 0.05) is 18.4 Å². The summed E-state index contributed by atoms with van der Waals surface area (Å²) in [5.74, 6) is 0. The molecule has 0 radical (unpaired) electrons. The quantitative estimate of drug-likeness (QED) is 0.569. The van der Waals surface area contributed by atoms with Crippen molar-refractivity contribution in [2.45, 2.75) is 20.3 Å². The van der Waals surface area contributed by atoms with E-state index in [9.17, 15) is 0 Å². The van der Waals surface area contributed by atoms with Crippen LogP contribution in [0, 0.1) is 0 Å². The van der Waals surface area contributed by atoms with E-state index >= 15 is 0 Å². The van der Waals surface area contributed by atoms with Crippen LogP contribution in [-0.2, 0) is 0 Å². The van der Waals surface area contributed by atoms with Crippen molar-refractivity contribution in [1.29, 1.82) is 0 Å². The Balaban J connectivity index is 3.12. The average molecular weight is 114 g/mol. The lowest BCUT2D eigenvalue weighted by Gasteiger charge is -2.00. The summed E-state index contributed by atoms with van der Waals surface area (Å²) in [5, 5.41) is 3.12. The molecule has 0 spiro atoms. The molecule has 0 aliphatic rings. The molecule has 0 heterocycles. The summed E-state index contributed by atoms with van der Waals surface area (Å²) in [5.41, 5.74) is 6.24. The van der Waals surface area contributed by atoms with Crippen molar-refractivity contribution >= 4 is 0 Å². The van der Waals surface area contributed by atoms with Gasteiger partial charge in [-0.1, -0.05) is 6.92 Å². The zero-order valence-corrected chi connectivity index (χ0v) is 5.57. The van der Waals surface area contributed by atoms with Gasteiger partial charge in [-0.3, -0.25) is 0 Å². The van der Waals surface area contributed by atoms with Crippen molar-refractivity contribution in [2.24, 2.45) is 5.73 Å². The first-order valence-corrected chi connectivity index (χ1v) is 2.93. The van der Waals surface area contributed by atoms with Crippen molar-refractivity contribution in [1.82, 2.24) is 5.32 Å². The van der Waals surface area contributed by atoms with Crippen LogP contribution in [0.4, 0.5) is 0 Å². The van der Waals surface area contributed by atoms with E-state index in [0.29, 0.717) is 0 Å². The van der Waals surface area contributed by atoms with Gasteiger partial charge >= 0.3 is 0 Å². The first kappa shape index (κ1) is 7.34. The third kappa shape index (κ3) is 3.53. The molecule has 0 unspecified atom stereocenters. The number of nitrogens with one attached hydrogen (secondary N) is 1. The molecular formula is C6H14N2. The van der Waals surface area contributed by atoms with E-state index in [0.717, 1.165) is 18.7 Å². The van der Waals surface area contributed by atoms with E-state index in [1.54, 1.807) is 6.20 Å². The number of hydrogen-bond donors (Lipinski definition) is 2. The molecule has 0 aromatic carbocycles. The highest BCUT2D eigenvalue weighted by atomic mass is 14.9. The fraction of sp³-hybridized carbons (Fsp3) is 0.667. The van der Waals surface area contributed by atoms with Gasteiger partial charge in [0.25, 0.3) is 0 Å². The van der Waals surface area contributed by atoms with Crippen molar-refractivity contribution in [3.8, 4) is 0 Å². The summed E-state index contributed by atoms with van der Waals surface area (Å²) < 4.78 is 0. The van der Waals surface area contributed by atoms with Crippen molar-refractivity contribution in [3.05, 3.63) is 11.9 Å². The van der Waals surface area contributed by atoms with Crippen molar-refractivity contribution in [3.63, 3.8) is 0 Å². The van der Waals surface area contributed by atoms with Crippen LogP contribution in [0.3, 0.4) is 0 Å². The summed E-state index contributed by atoms with van der Waals surface area (Å²) in [6.45, 7) is 5.09. The van der Waals surface area contributed by atoms with Crippen LogP contribution in [0.1, 0.15) is 20.3 Å². The largest absolute Gasteiger partial charge is 0.403 e. The third-order valence-corrected chi connectivity index (χ3v) is 0.904. The predicted molar refractivity (Wildman–Crippen MR) is 36.2 cm³/mol. The van der Waals surface area contributed by atoms with Crippen LogP contribution in [0.15, 0.2) is 11.9 Å². The SMILES string of the molecule is CCCN/C(C)=C\N. The number of rotatable bonds is 3. The molecule has 48 valence electrons. The molecule has 0 bridgehead atoms. The first-order valence-electron chi connectivity index (χ1n) is 2.93. The Hall–Kier alpha value is -0.660. The standard InChI is InChI=1S/C6H14N2/c1-3-4-8-6(2)5-7/h5,8H,3-4,7H2,1-2H3/b6-5-. The van der Waals surface area contributed by atoms with Gasteiger partial charge in [0.2, 0.25) is 0 Å². The zero-order chi connectivity index (χ0) is 6.41. The van der Waals surface area contributed by atoms with Crippen LogP contribution < -0.4 is 11.1 Å². The summed E-state index contributed by atoms with van der Waals surface area (Å²) in [6.07, 6.45) is 2.72. The summed E-state index contributed by atoms with van der Waals surface area (Å²) >= 11 is 0. The molecule has 0 aliphatic heterocycles. The van der Waals surface area contributed by atoms with Gasteiger partial charge < -0.3 is 11.1 Å². The minimum absolute atomic E-state index is 1.01. The number of nitrogens with two attached hydrogens (primary N) is 1. The second kappa shape index (κ2) is 4.50. The summed E-state index contributed by atoms with van der Waals surface area (Å²) in [7, 11) is 0. The minimum Gasteiger partial charge on any atom is -0.403 e. The molecule has 0 fully saturated rings. The smallest absolute Gasteiger partial charge is 0.0232 e. The van der Waals surface area contributed by atoms with Gasteiger partial charge in [0.05, 0.1) is 0 Å². The van der Waals surface area contributed by atoms with Gasteiger partial charge in [-0.05, 0) is 13.3 Å². The first-order chi connectivity index (χ1) is 3.81. The lowest BCUT2D eigenvalue weighted by Crippen LogP contribution is -2.12. The second-order valence-electron chi connectivity index (χ2n) is 1.78. The molecule has 0 rings (SSSR count). The highest BCUT2D eigenvalue weighted by molar-refractivity contribution is 4.90. The topological polar surface area (TPSA) is 38.0 Å². The van der Waals surface area contributed by atoms with Gasteiger partial charge in [0.15, 0.2) is 0 Å². The van der Waals surface area contributed by atoms with Crippen molar-refractivity contribution < 1.29 is 0 Å². The van der Waals surface area contributed by atoms with Gasteiger partial charge in [-0.15, -0.1) is 0 Å². The maximum Gasteiger partial charge on any atom is 0.0232 e. The summed E-state index contributed by atoms with van der Waals surface area (Å²) in [6, 6.07) is 0. The molecule has 8 heavy (non-hydrogen) atoms. The zero-order valence-electron chi connectivity index (χ0n) is 5.57. The van der Waals surface area contributed by atoms with Crippen LogP contribution in [-0.4, -0.2) is 6.54 Å². The molecule has 2 heteroatoms. The summed E-state index contributed by atoms with van der Waals surface area (Å²) in [4.78, 5) is 0.